The highest BCUT2D eigenvalue weighted by molar-refractivity contribution is 6.00. The van der Waals surface area contributed by atoms with Gasteiger partial charge in [-0.2, -0.15) is 10.1 Å². The third-order valence-corrected chi connectivity index (χ3v) is 8.29. The Hall–Kier alpha value is -4.42. The summed E-state index contributed by atoms with van der Waals surface area (Å²) in [5, 5.41) is 12.3. The van der Waals surface area contributed by atoms with Crippen LogP contribution in [0.25, 0.3) is 22.4 Å². The van der Waals surface area contributed by atoms with Crippen molar-refractivity contribution in [3.8, 4) is 11.4 Å². The van der Waals surface area contributed by atoms with Gasteiger partial charge in [0.05, 0.1) is 5.56 Å². The predicted octanol–water partition coefficient (Wildman–Crippen LogP) is 3.21. The molecule has 6 heterocycles. The first-order valence-electron chi connectivity index (χ1n) is 14.5. The van der Waals surface area contributed by atoms with E-state index in [2.05, 4.69) is 66.6 Å². The Morgan fingerprint density at radius 3 is 2.62 bits per heavy atom. The van der Waals surface area contributed by atoms with Crippen LogP contribution >= 0.6 is 0 Å². The highest BCUT2D eigenvalue weighted by Gasteiger charge is 2.22. The third kappa shape index (κ3) is 5.30. The molecule has 12 heteroatoms. The molecule has 3 aliphatic rings. The largest absolute Gasteiger partial charge is 0.381 e. The fourth-order valence-corrected chi connectivity index (χ4v) is 5.81. The maximum Gasteiger partial charge on any atom is 0.263 e. The summed E-state index contributed by atoms with van der Waals surface area (Å²) >= 11 is 0. The van der Waals surface area contributed by atoms with Crippen molar-refractivity contribution >= 4 is 40.4 Å². The number of likely N-dealkylation sites (N-methyl/N-ethyl adjacent to an activating group) is 1. The Morgan fingerprint density at radius 2 is 1.86 bits per heavy atom. The number of imidazole rings is 1. The van der Waals surface area contributed by atoms with E-state index in [-0.39, 0.29) is 5.56 Å². The van der Waals surface area contributed by atoms with E-state index in [0.717, 1.165) is 55.9 Å². The minimum Gasteiger partial charge on any atom is -0.381 e. The molecule has 4 aromatic rings. The zero-order valence-corrected chi connectivity index (χ0v) is 23.7. The molecule has 0 unspecified atom stereocenters. The second kappa shape index (κ2) is 11.5. The van der Waals surface area contributed by atoms with Crippen molar-refractivity contribution in [1.82, 2.24) is 29.0 Å². The summed E-state index contributed by atoms with van der Waals surface area (Å²) in [6.07, 6.45) is 9.39. The summed E-state index contributed by atoms with van der Waals surface area (Å²) in [5.41, 5.74) is 3.05. The lowest BCUT2D eigenvalue weighted by Gasteiger charge is -2.34. The molecule has 0 atom stereocenters. The van der Waals surface area contributed by atoms with Crippen LogP contribution in [-0.4, -0.2) is 87.5 Å². The van der Waals surface area contributed by atoms with E-state index >= 15 is 0 Å². The van der Waals surface area contributed by atoms with E-state index in [9.17, 15) is 4.79 Å². The lowest BCUT2D eigenvalue weighted by Crippen LogP contribution is -2.44. The van der Waals surface area contributed by atoms with Gasteiger partial charge in [0.2, 0.25) is 5.95 Å². The Labute approximate surface area is 243 Å². The first-order valence-corrected chi connectivity index (χ1v) is 14.5. The Bertz CT molecular complexity index is 1690. The molecule has 3 aromatic heterocycles. The van der Waals surface area contributed by atoms with Gasteiger partial charge in [-0.15, -0.1) is 5.10 Å². The minimum atomic E-state index is -0.137. The number of piperazine rings is 1. The normalized spacial score (nSPS) is 18.1. The summed E-state index contributed by atoms with van der Waals surface area (Å²) in [7, 11) is 2.16. The number of pyridine rings is 1. The molecular weight excluding hydrogens is 532 g/mol. The molecule has 2 fully saturated rings. The van der Waals surface area contributed by atoms with Crippen LogP contribution in [0.3, 0.4) is 0 Å². The monoisotopic (exact) mass is 566 g/mol. The van der Waals surface area contributed by atoms with Gasteiger partial charge in [0.1, 0.15) is 11.5 Å². The molecule has 1 N–H and O–H groups in total. The van der Waals surface area contributed by atoms with Crippen molar-refractivity contribution in [2.45, 2.75) is 25.8 Å². The van der Waals surface area contributed by atoms with Crippen LogP contribution in [0.15, 0.2) is 63.9 Å². The smallest absolute Gasteiger partial charge is 0.263 e. The first-order chi connectivity index (χ1) is 20.6. The molecule has 216 valence electrons. The number of ether oxygens (including phenoxy) is 1. The van der Waals surface area contributed by atoms with Crippen LogP contribution < -0.4 is 15.8 Å². The highest BCUT2D eigenvalue weighted by atomic mass is 16.5. The quantitative estimate of drug-likeness (QED) is 0.378. The molecule has 12 nitrogen and oxygen atoms in total. The van der Waals surface area contributed by atoms with E-state index in [1.165, 1.54) is 5.69 Å². The van der Waals surface area contributed by atoms with Gasteiger partial charge in [0.25, 0.3) is 5.56 Å². The first kappa shape index (κ1) is 26.5. The Kier molecular flexibility index (Phi) is 7.22. The van der Waals surface area contributed by atoms with Crippen molar-refractivity contribution in [1.29, 1.82) is 0 Å². The van der Waals surface area contributed by atoms with Crippen molar-refractivity contribution in [3.05, 3.63) is 59.3 Å². The summed E-state index contributed by atoms with van der Waals surface area (Å²) in [4.78, 5) is 32.9. The topological polar surface area (TPSA) is 118 Å². The van der Waals surface area contributed by atoms with Gasteiger partial charge in [-0.1, -0.05) is 0 Å². The van der Waals surface area contributed by atoms with E-state index in [1.54, 1.807) is 23.2 Å². The maximum atomic E-state index is 14.1. The predicted molar refractivity (Wildman–Crippen MR) is 164 cm³/mol. The van der Waals surface area contributed by atoms with E-state index < -0.39 is 0 Å². The molecule has 1 aromatic carbocycles. The van der Waals surface area contributed by atoms with Gasteiger partial charge in [0.15, 0.2) is 5.82 Å². The van der Waals surface area contributed by atoms with Crippen LogP contribution in [-0.2, 0) is 11.3 Å². The number of hydrogen-bond donors (Lipinski definition) is 1. The SMILES string of the molecule is CN1CCN(c2ccc(Nc3ncc4cc(-c5nccn5C5=NN=CC5)c(=O)n(CC5CCOCC5)c4n3)cc2)CC1. The molecule has 2 saturated heterocycles. The number of rotatable bonds is 6. The van der Waals surface area contributed by atoms with Gasteiger partial charge in [0, 0.05) is 93.9 Å². The number of anilines is 3. The molecule has 0 amide bonds. The fraction of sp³-hybridized carbons (Fsp3) is 0.400. The number of fused-ring (bicyclic) bond motifs is 1. The molecule has 7 rings (SSSR count). The van der Waals surface area contributed by atoms with Gasteiger partial charge in [-0.3, -0.25) is 13.9 Å². The highest BCUT2D eigenvalue weighted by Crippen LogP contribution is 2.25. The molecule has 0 saturated carbocycles. The van der Waals surface area contributed by atoms with Gasteiger partial charge in [-0.25, -0.2) is 9.97 Å². The Balaban J connectivity index is 1.22. The van der Waals surface area contributed by atoms with Gasteiger partial charge >= 0.3 is 0 Å². The van der Waals surface area contributed by atoms with Crippen molar-refractivity contribution in [3.63, 3.8) is 0 Å². The van der Waals surface area contributed by atoms with Gasteiger partial charge < -0.3 is 19.9 Å². The van der Waals surface area contributed by atoms with Gasteiger partial charge in [-0.05, 0) is 56.1 Å². The third-order valence-electron chi connectivity index (χ3n) is 8.29. The van der Waals surface area contributed by atoms with Crippen LogP contribution in [0.2, 0.25) is 0 Å². The van der Waals surface area contributed by atoms with E-state index in [0.29, 0.717) is 55.1 Å². The van der Waals surface area contributed by atoms with E-state index in [1.807, 2.05) is 16.8 Å². The fourth-order valence-electron chi connectivity index (χ4n) is 5.81. The summed E-state index contributed by atoms with van der Waals surface area (Å²) in [6.45, 7) is 6.12. The number of benzene rings is 1. The lowest BCUT2D eigenvalue weighted by molar-refractivity contribution is 0.0613. The van der Waals surface area contributed by atoms with Crippen LogP contribution in [0.5, 0.6) is 0 Å². The van der Waals surface area contributed by atoms with Crippen LogP contribution in [0.1, 0.15) is 19.3 Å². The second-order valence-electron chi connectivity index (χ2n) is 11.1. The molecular formula is C30H34N10O2. The summed E-state index contributed by atoms with van der Waals surface area (Å²) < 4.78 is 9.20. The van der Waals surface area contributed by atoms with E-state index in [4.69, 9.17) is 9.72 Å². The summed E-state index contributed by atoms with van der Waals surface area (Å²) in [6, 6.07) is 10.2. The van der Waals surface area contributed by atoms with Crippen molar-refractivity contribution < 1.29 is 4.74 Å². The molecule has 3 aliphatic heterocycles. The van der Waals surface area contributed by atoms with Crippen LogP contribution in [0, 0.1) is 5.92 Å². The molecule has 42 heavy (non-hydrogen) atoms. The summed E-state index contributed by atoms with van der Waals surface area (Å²) in [5.74, 6) is 2.03. The molecule has 0 spiro atoms. The number of nitrogens with one attached hydrogen (secondary N) is 1. The number of aromatic nitrogens is 5. The molecule has 0 radical (unpaired) electrons. The van der Waals surface area contributed by atoms with Crippen molar-refractivity contribution in [2.24, 2.45) is 16.1 Å². The second-order valence-corrected chi connectivity index (χ2v) is 11.1. The standard InChI is InChI=1S/C30H34N10O2/c1-37-12-14-38(15-13-37)24-4-2-23(3-5-24)34-30-32-19-22-18-25(28-31-10-11-39(28)26-6-9-33-36-26)29(41)40(27(22)35-30)20-21-7-16-42-17-8-21/h2-5,9-11,18-19,21H,6-8,12-17,20H2,1H3,(H,32,34,35). The molecule has 0 bridgehead atoms. The minimum absolute atomic E-state index is 0.137. The zero-order valence-electron chi connectivity index (χ0n) is 23.7. The Morgan fingerprint density at radius 1 is 1.05 bits per heavy atom. The average Bonchev–Trinajstić information content (AvgIpc) is 3.73. The lowest BCUT2D eigenvalue weighted by atomic mass is 10.00. The maximum absolute atomic E-state index is 14.1. The average molecular weight is 567 g/mol. The number of hydrogen-bond acceptors (Lipinski definition) is 10. The molecule has 0 aliphatic carbocycles. The zero-order chi connectivity index (χ0) is 28.5. The van der Waals surface area contributed by atoms with Crippen LogP contribution in [0.4, 0.5) is 17.3 Å². The van der Waals surface area contributed by atoms with Crippen molar-refractivity contribution in [2.75, 3.05) is 56.7 Å². The number of nitrogens with zero attached hydrogens (tertiary/aromatic N) is 9.